The number of carbonyl (C=O) groups excluding carboxylic acids is 3. The van der Waals surface area contributed by atoms with Crippen LogP contribution in [0.1, 0.15) is 34.1 Å². The molecule has 0 heterocycles. The standard InChI is InChI=1S/C26H42O11/c1-8-24(28)35-19(5)14-32-17-23(34-16-21(7)37-26(30)10-3)22(11-12-31-13-18(4)27)33-15-20(6)36-25(29)9-2/h8-10,18-23,27H,1-3,11-17H2,4-7H3. The number of hydrogen-bond acceptors (Lipinski definition) is 11. The Labute approximate surface area is 219 Å². The Morgan fingerprint density at radius 3 is 1.51 bits per heavy atom. The molecule has 6 atom stereocenters. The van der Waals surface area contributed by atoms with Crippen LogP contribution in [0, 0.1) is 0 Å². The number of carbonyl (C=O) groups is 3. The van der Waals surface area contributed by atoms with Gasteiger partial charge in [0.05, 0.1) is 45.2 Å². The summed E-state index contributed by atoms with van der Waals surface area (Å²) < 4.78 is 38.6. The molecule has 0 radical (unpaired) electrons. The van der Waals surface area contributed by atoms with Crippen LogP contribution in [0.3, 0.4) is 0 Å². The summed E-state index contributed by atoms with van der Waals surface area (Å²) in [5.74, 6) is -1.73. The molecule has 11 nitrogen and oxygen atoms in total. The smallest absolute Gasteiger partial charge is 0.330 e. The summed E-state index contributed by atoms with van der Waals surface area (Å²) >= 11 is 0. The minimum Gasteiger partial charge on any atom is -0.457 e. The molecular weight excluding hydrogens is 488 g/mol. The minimum absolute atomic E-state index is 0.0318. The van der Waals surface area contributed by atoms with E-state index in [-0.39, 0.29) is 39.6 Å². The van der Waals surface area contributed by atoms with Gasteiger partial charge in [0.2, 0.25) is 0 Å². The molecule has 0 aliphatic rings. The normalized spacial score (nSPS) is 15.8. The van der Waals surface area contributed by atoms with Gasteiger partial charge < -0.3 is 38.3 Å². The molecule has 0 aromatic heterocycles. The van der Waals surface area contributed by atoms with Crippen LogP contribution in [0.5, 0.6) is 0 Å². The molecule has 0 spiro atoms. The molecule has 37 heavy (non-hydrogen) atoms. The number of hydrogen-bond donors (Lipinski definition) is 1. The SMILES string of the molecule is C=CC(=O)OC(C)COCC(OCC(C)OC(=O)C=C)C(CCOCC(C)O)OCC(C)OC(=O)C=C. The van der Waals surface area contributed by atoms with Crippen LogP contribution in [0.4, 0.5) is 0 Å². The van der Waals surface area contributed by atoms with Gasteiger partial charge in [0.25, 0.3) is 0 Å². The highest BCUT2D eigenvalue weighted by atomic mass is 16.6. The van der Waals surface area contributed by atoms with Crippen molar-refractivity contribution in [3.63, 3.8) is 0 Å². The first-order valence-corrected chi connectivity index (χ1v) is 12.1. The van der Waals surface area contributed by atoms with Crippen molar-refractivity contribution in [3.05, 3.63) is 38.0 Å². The van der Waals surface area contributed by atoms with Crippen molar-refractivity contribution >= 4 is 17.9 Å². The summed E-state index contributed by atoms with van der Waals surface area (Å²) in [4.78, 5) is 34.4. The Bertz CT molecular complexity index is 707. The van der Waals surface area contributed by atoms with Crippen molar-refractivity contribution < 1.29 is 52.6 Å². The van der Waals surface area contributed by atoms with Gasteiger partial charge in [-0.1, -0.05) is 19.7 Å². The average Bonchev–Trinajstić information content (AvgIpc) is 2.85. The van der Waals surface area contributed by atoms with Crippen molar-refractivity contribution in [2.75, 3.05) is 39.6 Å². The molecule has 0 bridgehead atoms. The summed E-state index contributed by atoms with van der Waals surface area (Å²) in [6.07, 6.45) is -0.0459. The summed E-state index contributed by atoms with van der Waals surface area (Å²) in [6.45, 7) is 17.3. The third-order valence-corrected chi connectivity index (χ3v) is 4.50. The van der Waals surface area contributed by atoms with E-state index >= 15 is 0 Å². The molecule has 0 saturated carbocycles. The monoisotopic (exact) mass is 530 g/mol. The van der Waals surface area contributed by atoms with Gasteiger partial charge in [0.15, 0.2) is 0 Å². The highest BCUT2D eigenvalue weighted by Gasteiger charge is 2.26. The second-order valence-corrected chi connectivity index (χ2v) is 8.35. The topological polar surface area (TPSA) is 136 Å². The van der Waals surface area contributed by atoms with Crippen molar-refractivity contribution in [3.8, 4) is 0 Å². The van der Waals surface area contributed by atoms with Gasteiger partial charge in [0, 0.05) is 24.8 Å². The van der Waals surface area contributed by atoms with Crippen LogP contribution < -0.4 is 0 Å². The molecule has 0 rings (SSSR count). The molecular formula is C26H42O11. The molecule has 0 saturated heterocycles. The Morgan fingerprint density at radius 1 is 0.649 bits per heavy atom. The lowest BCUT2D eigenvalue weighted by Gasteiger charge is -2.29. The molecule has 0 aromatic carbocycles. The van der Waals surface area contributed by atoms with Gasteiger partial charge in [-0.15, -0.1) is 0 Å². The Morgan fingerprint density at radius 2 is 1.08 bits per heavy atom. The zero-order valence-corrected chi connectivity index (χ0v) is 22.3. The third-order valence-electron chi connectivity index (χ3n) is 4.50. The third kappa shape index (κ3) is 18.3. The van der Waals surface area contributed by atoms with Gasteiger partial charge in [0.1, 0.15) is 24.4 Å². The van der Waals surface area contributed by atoms with Gasteiger partial charge in [-0.3, -0.25) is 0 Å². The minimum atomic E-state index is -0.662. The first kappa shape index (κ1) is 34.4. The number of aliphatic hydroxyl groups excluding tert-OH is 1. The molecule has 6 unspecified atom stereocenters. The summed E-state index contributed by atoms with van der Waals surface area (Å²) in [5.41, 5.74) is 0. The number of aliphatic hydroxyl groups is 1. The van der Waals surface area contributed by atoms with E-state index < -0.39 is 54.5 Å². The van der Waals surface area contributed by atoms with E-state index in [9.17, 15) is 19.5 Å². The maximum absolute atomic E-state index is 11.5. The molecule has 212 valence electrons. The van der Waals surface area contributed by atoms with Crippen molar-refractivity contribution in [1.82, 2.24) is 0 Å². The molecule has 0 aromatic rings. The van der Waals surface area contributed by atoms with Gasteiger partial charge in [-0.2, -0.15) is 0 Å². The number of ether oxygens (including phenoxy) is 7. The zero-order chi connectivity index (χ0) is 28.2. The predicted molar refractivity (Wildman–Crippen MR) is 135 cm³/mol. The van der Waals surface area contributed by atoms with E-state index in [0.717, 1.165) is 18.2 Å². The van der Waals surface area contributed by atoms with Crippen LogP contribution in [0.2, 0.25) is 0 Å². The van der Waals surface area contributed by atoms with Crippen LogP contribution in [0.25, 0.3) is 0 Å². The summed E-state index contributed by atoms with van der Waals surface area (Å²) in [7, 11) is 0. The first-order chi connectivity index (χ1) is 17.5. The van der Waals surface area contributed by atoms with E-state index in [1.807, 2.05) is 0 Å². The van der Waals surface area contributed by atoms with Crippen molar-refractivity contribution in [1.29, 1.82) is 0 Å². The highest BCUT2D eigenvalue weighted by Crippen LogP contribution is 2.14. The molecule has 0 aliphatic carbocycles. The van der Waals surface area contributed by atoms with Gasteiger partial charge in [-0.05, 0) is 34.1 Å². The fourth-order valence-corrected chi connectivity index (χ4v) is 2.80. The first-order valence-electron chi connectivity index (χ1n) is 12.1. The molecule has 1 N–H and O–H groups in total. The Balaban J connectivity index is 5.37. The molecule has 0 fully saturated rings. The van der Waals surface area contributed by atoms with E-state index in [1.54, 1.807) is 27.7 Å². The van der Waals surface area contributed by atoms with Crippen LogP contribution in [-0.4, -0.2) is 99.3 Å². The van der Waals surface area contributed by atoms with Crippen LogP contribution >= 0.6 is 0 Å². The van der Waals surface area contributed by atoms with E-state index in [1.165, 1.54) is 0 Å². The number of rotatable bonds is 22. The lowest BCUT2D eigenvalue weighted by Crippen LogP contribution is -2.40. The van der Waals surface area contributed by atoms with Crippen molar-refractivity contribution in [2.45, 2.75) is 70.7 Å². The quantitative estimate of drug-likeness (QED) is 0.0951. The lowest BCUT2D eigenvalue weighted by molar-refractivity contribution is -0.163. The average molecular weight is 531 g/mol. The van der Waals surface area contributed by atoms with Crippen LogP contribution in [0.15, 0.2) is 38.0 Å². The van der Waals surface area contributed by atoms with Gasteiger partial charge in [-0.25, -0.2) is 14.4 Å². The molecule has 0 aliphatic heterocycles. The van der Waals surface area contributed by atoms with Crippen LogP contribution in [-0.2, 0) is 47.5 Å². The maximum atomic E-state index is 11.5. The Kier molecular flexibility index (Phi) is 19.1. The molecule has 0 amide bonds. The summed E-state index contributed by atoms with van der Waals surface area (Å²) in [6, 6.07) is 0. The van der Waals surface area contributed by atoms with E-state index in [2.05, 4.69) is 19.7 Å². The molecule has 11 heteroatoms. The Hall–Kier alpha value is -2.57. The maximum Gasteiger partial charge on any atom is 0.330 e. The fraction of sp³-hybridized carbons (Fsp3) is 0.654. The lowest BCUT2D eigenvalue weighted by atomic mass is 10.1. The number of esters is 3. The fourth-order valence-electron chi connectivity index (χ4n) is 2.80. The highest BCUT2D eigenvalue weighted by molar-refractivity contribution is 5.82. The largest absolute Gasteiger partial charge is 0.457 e. The summed E-state index contributed by atoms with van der Waals surface area (Å²) in [5, 5.41) is 9.45. The second-order valence-electron chi connectivity index (χ2n) is 8.35. The van der Waals surface area contributed by atoms with Crippen molar-refractivity contribution in [2.24, 2.45) is 0 Å². The van der Waals surface area contributed by atoms with E-state index in [4.69, 9.17) is 33.2 Å². The second kappa shape index (κ2) is 20.5. The van der Waals surface area contributed by atoms with Gasteiger partial charge >= 0.3 is 17.9 Å². The predicted octanol–water partition coefficient (Wildman–Crippen LogP) is 1.91. The zero-order valence-electron chi connectivity index (χ0n) is 22.3. The van der Waals surface area contributed by atoms with E-state index in [0.29, 0.717) is 6.42 Å².